The van der Waals surface area contributed by atoms with E-state index < -0.39 is 0 Å². The minimum Gasteiger partial charge on any atom is -0.370 e. The topological polar surface area (TPSA) is 53.6 Å². The molecule has 4 nitrogen and oxygen atoms in total. The molecular formula is C13H26N4. The lowest BCUT2D eigenvalue weighted by atomic mass is 9.94. The van der Waals surface area contributed by atoms with Crippen LogP contribution >= 0.6 is 0 Å². The van der Waals surface area contributed by atoms with Crippen molar-refractivity contribution in [3.8, 4) is 0 Å². The van der Waals surface area contributed by atoms with Crippen molar-refractivity contribution in [1.29, 1.82) is 0 Å². The first-order chi connectivity index (χ1) is 8.08. The largest absolute Gasteiger partial charge is 0.370 e. The summed E-state index contributed by atoms with van der Waals surface area (Å²) in [5.41, 5.74) is 6.78. The van der Waals surface area contributed by atoms with Gasteiger partial charge in [0.25, 0.3) is 0 Å². The van der Waals surface area contributed by atoms with Crippen molar-refractivity contribution in [2.45, 2.75) is 26.2 Å². The lowest BCUT2D eigenvalue weighted by Gasteiger charge is -2.28. The first-order valence-corrected chi connectivity index (χ1v) is 6.44. The van der Waals surface area contributed by atoms with Crippen molar-refractivity contribution in [2.24, 2.45) is 16.6 Å². The Hall–Kier alpha value is -1.03. The molecule has 0 saturated carbocycles. The molecular weight excluding hydrogens is 212 g/mol. The van der Waals surface area contributed by atoms with E-state index >= 15 is 0 Å². The average Bonchev–Trinajstić information content (AvgIpc) is 2.29. The lowest BCUT2D eigenvalue weighted by Crippen LogP contribution is -2.35. The molecule has 0 atom stereocenters. The first kappa shape index (κ1) is 14.0. The van der Waals surface area contributed by atoms with Gasteiger partial charge in [0, 0.05) is 6.54 Å². The maximum absolute atomic E-state index is 5.75. The zero-order valence-corrected chi connectivity index (χ0v) is 11.2. The standard InChI is InChI=1S/C13H26N4/c1-11(2)10-16-13(14)15-7-4-12-5-8-17(3)9-6-12/h12H,1,4-10H2,2-3H3,(H3,14,15,16). The third-order valence-electron chi connectivity index (χ3n) is 3.22. The van der Waals surface area contributed by atoms with Gasteiger partial charge in [-0.2, -0.15) is 0 Å². The summed E-state index contributed by atoms with van der Waals surface area (Å²) in [6, 6.07) is 0. The highest BCUT2D eigenvalue weighted by atomic mass is 15.1. The van der Waals surface area contributed by atoms with E-state index in [-0.39, 0.29) is 0 Å². The molecule has 1 rings (SSSR count). The van der Waals surface area contributed by atoms with E-state index in [0.717, 1.165) is 18.0 Å². The fraction of sp³-hybridized carbons (Fsp3) is 0.769. The third kappa shape index (κ3) is 6.31. The van der Waals surface area contributed by atoms with Crippen molar-refractivity contribution in [1.82, 2.24) is 10.2 Å². The van der Waals surface area contributed by atoms with Crippen LogP contribution in [0.4, 0.5) is 0 Å². The molecule has 0 unspecified atom stereocenters. The number of nitrogens with one attached hydrogen (secondary N) is 1. The van der Waals surface area contributed by atoms with E-state index in [1.807, 2.05) is 6.92 Å². The van der Waals surface area contributed by atoms with Gasteiger partial charge in [0.2, 0.25) is 0 Å². The minimum absolute atomic E-state index is 0.543. The van der Waals surface area contributed by atoms with E-state index in [4.69, 9.17) is 5.73 Å². The highest BCUT2D eigenvalue weighted by molar-refractivity contribution is 5.77. The quantitative estimate of drug-likeness (QED) is 0.430. The van der Waals surface area contributed by atoms with Crippen LogP contribution in [-0.4, -0.2) is 44.1 Å². The predicted molar refractivity (Wildman–Crippen MR) is 74.1 cm³/mol. The maximum atomic E-state index is 5.75. The number of hydrogen-bond acceptors (Lipinski definition) is 2. The van der Waals surface area contributed by atoms with Crippen LogP contribution in [0.3, 0.4) is 0 Å². The van der Waals surface area contributed by atoms with Gasteiger partial charge in [-0.25, -0.2) is 4.99 Å². The molecule has 0 aliphatic carbocycles. The summed E-state index contributed by atoms with van der Waals surface area (Å²) < 4.78 is 0. The van der Waals surface area contributed by atoms with Gasteiger partial charge >= 0.3 is 0 Å². The third-order valence-corrected chi connectivity index (χ3v) is 3.22. The zero-order chi connectivity index (χ0) is 12.7. The molecule has 0 spiro atoms. The average molecular weight is 238 g/mol. The van der Waals surface area contributed by atoms with Crippen LogP contribution in [0.25, 0.3) is 0 Å². The van der Waals surface area contributed by atoms with Crippen LogP contribution in [0.2, 0.25) is 0 Å². The zero-order valence-electron chi connectivity index (χ0n) is 11.2. The van der Waals surface area contributed by atoms with Gasteiger partial charge in [-0.05, 0) is 52.2 Å². The number of nitrogens with zero attached hydrogens (tertiary/aromatic N) is 2. The van der Waals surface area contributed by atoms with Crippen molar-refractivity contribution >= 4 is 5.96 Å². The van der Waals surface area contributed by atoms with Crippen molar-refractivity contribution in [2.75, 3.05) is 33.2 Å². The number of aliphatic imine (C=N–C) groups is 1. The highest BCUT2D eigenvalue weighted by Crippen LogP contribution is 2.18. The minimum atomic E-state index is 0.543. The monoisotopic (exact) mass is 238 g/mol. The van der Waals surface area contributed by atoms with Crippen LogP contribution in [0.5, 0.6) is 0 Å². The molecule has 98 valence electrons. The van der Waals surface area contributed by atoms with E-state index in [0.29, 0.717) is 12.5 Å². The number of nitrogens with two attached hydrogens (primary N) is 1. The Morgan fingerprint density at radius 2 is 2.12 bits per heavy atom. The summed E-state index contributed by atoms with van der Waals surface area (Å²) >= 11 is 0. The number of guanidine groups is 1. The second-order valence-electron chi connectivity index (χ2n) is 5.12. The van der Waals surface area contributed by atoms with Crippen LogP contribution < -0.4 is 11.1 Å². The molecule has 0 aromatic rings. The SMILES string of the molecule is C=C(C)CN=C(N)NCCC1CCN(C)CC1. The summed E-state index contributed by atoms with van der Waals surface area (Å²) in [6.07, 6.45) is 3.80. The van der Waals surface area contributed by atoms with Gasteiger partial charge in [-0.1, -0.05) is 12.2 Å². The summed E-state index contributed by atoms with van der Waals surface area (Å²) in [6.45, 7) is 9.75. The summed E-state index contributed by atoms with van der Waals surface area (Å²) in [7, 11) is 2.19. The number of hydrogen-bond donors (Lipinski definition) is 2. The van der Waals surface area contributed by atoms with Gasteiger partial charge in [-0.3, -0.25) is 0 Å². The van der Waals surface area contributed by atoms with Crippen molar-refractivity contribution < 1.29 is 0 Å². The number of rotatable bonds is 5. The number of likely N-dealkylation sites (tertiary alicyclic amines) is 1. The van der Waals surface area contributed by atoms with Gasteiger partial charge in [0.15, 0.2) is 5.96 Å². The molecule has 3 N–H and O–H groups in total. The molecule has 0 aromatic carbocycles. The Balaban J connectivity index is 2.11. The fourth-order valence-electron chi connectivity index (χ4n) is 2.03. The molecule has 1 aliphatic rings. The Morgan fingerprint density at radius 3 is 2.71 bits per heavy atom. The van der Waals surface area contributed by atoms with Gasteiger partial charge in [0.05, 0.1) is 6.54 Å². The van der Waals surface area contributed by atoms with Crippen LogP contribution in [-0.2, 0) is 0 Å². The molecule has 1 heterocycles. The molecule has 1 aliphatic heterocycles. The Bertz CT molecular complexity index is 265. The van der Waals surface area contributed by atoms with E-state index in [1.54, 1.807) is 0 Å². The van der Waals surface area contributed by atoms with Gasteiger partial charge < -0.3 is 16.0 Å². The summed E-state index contributed by atoms with van der Waals surface area (Å²) in [5, 5.41) is 3.17. The van der Waals surface area contributed by atoms with Gasteiger partial charge in [0.1, 0.15) is 0 Å². The molecule has 1 saturated heterocycles. The Kier molecular flexibility index (Phi) is 6.05. The maximum Gasteiger partial charge on any atom is 0.188 e. The van der Waals surface area contributed by atoms with E-state index in [1.165, 1.54) is 32.4 Å². The second-order valence-corrected chi connectivity index (χ2v) is 5.12. The highest BCUT2D eigenvalue weighted by Gasteiger charge is 2.15. The molecule has 0 amide bonds. The van der Waals surface area contributed by atoms with E-state index in [2.05, 4.69) is 28.8 Å². The lowest BCUT2D eigenvalue weighted by molar-refractivity contribution is 0.213. The Labute approximate surface area is 105 Å². The second kappa shape index (κ2) is 7.33. The van der Waals surface area contributed by atoms with E-state index in [9.17, 15) is 0 Å². The van der Waals surface area contributed by atoms with Crippen LogP contribution in [0.15, 0.2) is 17.1 Å². The predicted octanol–water partition coefficient (Wildman–Crippen LogP) is 1.20. The van der Waals surface area contributed by atoms with Crippen LogP contribution in [0, 0.1) is 5.92 Å². The normalized spacial score (nSPS) is 19.3. The number of piperidine rings is 1. The molecule has 0 aromatic heterocycles. The van der Waals surface area contributed by atoms with Crippen molar-refractivity contribution in [3.63, 3.8) is 0 Å². The van der Waals surface area contributed by atoms with Crippen molar-refractivity contribution in [3.05, 3.63) is 12.2 Å². The summed E-state index contributed by atoms with van der Waals surface area (Å²) in [5.74, 6) is 1.38. The first-order valence-electron chi connectivity index (χ1n) is 6.44. The summed E-state index contributed by atoms with van der Waals surface area (Å²) in [4.78, 5) is 6.59. The molecule has 1 fully saturated rings. The smallest absolute Gasteiger partial charge is 0.188 e. The molecule has 0 radical (unpaired) electrons. The van der Waals surface area contributed by atoms with Crippen LogP contribution in [0.1, 0.15) is 26.2 Å². The fourth-order valence-corrected chi connectivity index (χ4v) is 2.03. The Morgan fingerprint density at radius 1 is 1.47 bits per heavy atom. The van der Waals surface area contributed by atoms with Gasteiger partial charge in [-0.15, -0.1) is 0 Å². The molecule has 4 heteroatoms. The molecule has 17 heavy (non-hydrogen) atoms. The molecule has 0 bridgehead atoms.